The molecular weight excluding hydrogens is 270 g/mol. The monoisotopic (exact) mass is 293 g/mol. The molecule has 1 N–H and O–H groups in total. The fourth-order valence-electron chi connectivity index (χ4n) is 2.23. The number of nitrogens with one attached hydrogen (secondary N) is 1. The van der Waals surface area contributed by atoms with Gasteiger partial charge in [-0.15, -0.1) is 0 Å². The number of benzene rings is 1. The Labute approximate surface area is 125 Å². The molecule has 5 nitrogen and oxygen atoms in total. The summed E-state index contributed by atoms with van der Waals surface area (Å²) in [5.41, 5.74) is 0.984. The van der Waals surface area contributed by atoms with Crippen LogP contribution in [0.1, 0.15) is 31.7 Å². The fraction of sp³-hybridized carbons (Fsp3) is 0.562. The van der Waals surface area contributed by atoms with E-state index in [2.05, 4.69) is 5.32 Å². The Kier molecular flexibility index (Phi) is 5.87. The van der Waals surface area contributed by atoms with Crippen molar-refractivity contribution in [2.45, 2.75) is 38.8 Å². The number of carbonyl (C=O) groups excluding carboxylic acids is 1. The first-order valence-electron chi connectivity index (χ1n) is 7.41. The van der Waals surface area contributed by atoms with Gasteiger partial charge >= 0.3 is 0 Å². The molecule has 0 saturated carbocycles. The first-order valence-corrected chi connectivity index (χ1v) is 7.41. The predicted octanol–water partition coefficient (Wildman–Crippen LogP) is 2.28. The van der Waals surface area contributed by atoms with Crippen LogP contribution in [0.3, 0.4) is 0 Å². The first kappa shape index (κ1) is 15.6. The maximum absolute atomic E-state index is 11.3. The topological polar surface area (TPSA) is 56.8 Å². The smallest absolute Gasteiger partial charge is 0.219 e. The van der Waals surface area contributed by atoms with Crippen molar-refractivity contribution >= 4 is 5.91 Å². The quantitative estimate of drug-likeness (QED) is 0.838. The van der Waals surface area contributed by atoms with Gasteiger partial charge in [-0.1, -0.05) is 13.0 Å². The molecule has 1 saturated heterocycles. The predicted molar refractivity (Wildman–Crippen MR) is 79.6 cm³/mol. The van der Waals surface area contributed by atoms with Gasteiger partial charge in [-0.25, -0.2) is 0 Å². The number of hydrogen-bond donors (Lipinski definition) is 1. The Bertz CT molecular complexity index is 469. The lowest BCUT2D eigenvalue weighted by Gasteiger charge is -2.15. The van der Waals surface area contributed by atoms with Gasteiger partial charge in [-0.3, -0.25) is 4.79 Å². The Balaban J connectivity index is 1.93. The van der Waals surface area contributed by atoms with Crippen LogP contribution in [-0.4, -0.2) is 32.3 Å². The van der Waals surface area contributed by atoms with Gasteiger partial charge < -0.3 is 19.5 Å². The molecule has 1 amide bonds. The summed E-state index contributed by atoms with van der Waals surface area (Å²) in [5, 5.41) is 2.84. The molecule has 1 atom stereocenters. The number of ether oxygens (including phenoxy) is 3. The second-order valence-electron chi connectivity index (χ2n) is 5.06. The second-order valence-corrected chi connectivity index (χ2v) is 5.06. The van der Waals surface area contributed by atoms with Crippen LogP contribution >= 0.6 is 0 Å². The van der Waals surface area contributed by atoms with Crippen LogP contribution in [-0.2, 0) is 16.1 Å². The summed E-state index contributed by atoms with van der Waals surface area (Å²) in [5.74, 6) is 1.42. The minimum absolute atomic E-state index is 0.0349. The van der Waals surface area contributed by atoms with Crippen molar-refractivity contribution in [3.05, 3.63) is 23.8 Å². The van der Waals surface area contributed by atoms with Crippen molar-refractivity contribution in [1.29, 1.82) is 0 Å². The zero-order valence-corrected chi connectivity index (χ0v) is 12.7. The maximum atomic E-state index is 11.3. The standard InChI is InChI=1S/C16H23NO4/c1-3-16(18)17-10-12-6-7-14(15(9-12)19-2)21-11-13-5-4-8-20-13/h6-7,9,13H,3-5,8,10-11H2,1-2H3,(H,17,18)/t13-/m1/s1. The van der Waals surface area contributed by atoms with Crippen LogP contribution < -0.4 is 14.8 Å². The van der Waals surface area contributed by atoms with Gasteiger partial charge in [0.1, 0.15) is 6.61 Å². The number of carbonyl (C=O) groups is 1. The Morgan fingerprint density at radius 2 is 2.29 bits per heavy atom. The van der Waals surface area contributed by atoms with E-state index in [4.69, 9.17) is 14.2 Å². The number of rotatable bonds is 7. The summed E-state index contributed by atoms with van der Waals surface area (Å²) >= 11 is 0. The molecule has 1 aromatic carbocycles. The van der Waals surface area contributed by atoms with Gasteiger partial charge in [-0.2, -0.15) is 0 Å². The lowest BCUT2D eigenvalue weighted by molar-refractivity contribution is -0.120. The molecule has 1 aromatic rings. The highest BCUT2D eigenvalue weighted by atomic mass is 16.5. The average molecular weight is 293 g/mol. The molecule has 0 unspecified atom stereocenters. The maximum Gasteiger partial charge on any atom is 0.219 e. The highest BCUT2D eigenvalue weighted by Gasteiger charge is 2.17. The van der Waals surface area contributed by atoms with E-state index in [0.717, 1.165) is 25.0 Å². The summed E-state index contributed by atoms with van der Waals surface area (Å²) < 4.78 is 16.7. The van der Waals surface area contributed by atoms with Gasteiger partial charge in [0.15, 0.2) is 11.5 Å². The summed E-state index contributed by atoms with van der Waals surface area (Å²) in [7, 11) is 1.61. The van der Waals surface area contributed by atoms with E-state index >= 15 is 0 Å². The van der Waals surface area contributed by atoms with Crippen molar-refractivity contribution in [3.8, 4) is 11.5 Å². The highest BCUT2D eigenvalue weighted by molar-refractivity contribution is 5.75. The third kappa shape index (κ3) is 4.63. The molecule has 1 aliphatic rings. The molecule has 116 valence electrons. The summed E-state index contributed by atoms with van der Waals surface area (Å²) in [6.07, 6.45) is 2.81. The van der Waals surface area contributed by atoms with Crippen LogP contribution in [0.15, 0.2) is 18.2 Å². The Morgan fingerprint density at radius 1 is 1.43 bits per heavy atom. The minimum Gasteiger partial charge on any atom is -0.493 e. The van der Waals surface area contributed by atoms with Gasteiger partial charge in [0, 0.05) is 19.6 Å². The van der Waals surface area contributed by atoms with Crippen molar-refractivity contribution in [1.82, 2.24) is 5.32 Å². The van der Waals surface area contributed by atoms with E-state index in [1.165, 1.54) is 0 Å². The van der Waals surface area contributed by atoms with Crippen LogP contribution in [0, 0.1) is 0 Å². The van der Waals surface area contributed by atoms with E-state index in [9.17, 15) is 4.79 Å². The normalized spacial score (nSPS) is 17.5. The molecule has 21 heavy (non-hydrogen) atoms. The van der Waals surface area contributed by atoms with Crippen molar-refractivity contribution in [2.24, 2.45) is 0 Å². The van der Waals surface area contributed by atoms with Crippen molar-refractivity contribution in [2.75, 3.05) is 20.3 Å². The molecule has 0 spiro atoms. The van der Waals surface area contributed by atoms with Crippen LogP contribution in [0.4, 0.5) is 0 Å². The van der Waals surface area contributed by atoms with E-state index in [0.29, 0.717) is 31.1 Å². The van der Waals surface area contributed by atoms with Crippen LogP contribution in [0.2, 0.25) is 0 Å². The van der Waals surface area contributed by atoms with Crippen LogP contribution in [0.25, 0.3) is 0 Å². The molecule has 2 rings (SSSR count). The largest absolute Gasteiger partial charge is 0.493 e. The molecule has 0 radical (unpaired) electrons. The third-order valence-electron chi connectivity index (χ3n) is 3.49. The first-order chi connectivity index (χ1) is 10.2. The summed E-state index contributed by atoms with van der Waals surface area (Å²) in [4.78, 5) is 11.3. The minimum atomic E-state index is 0.0349. The Morgan fingerprint density at radius 3 is 2.95 bits per heavy atom. The fourth-order valence-corrected chi connectivity index (χ4v) is 2.23. The lowest BCUT2D eigenvalue weighted by Crippen LogP contribution is -2.21. The molecule has 0 aromatic heterocycles. The molecule has 1 fully saturated rings. The lowest BCUT2D eigenvalue weighted by atomic mass is 10.2. The average Bonchev–Trinajstić information content (AvgIpc) is 3.04. The molecule has 0 bridgehead atoms. The van der Waals surface area contributed by atoms with Gasteiger partial charge in [0.2, 0.25) is 5.91 Å². The third-order valence-corrected chi connectivity index (χ3v) is 3.49. The summed E-state index contributed by atoms with van der Waals surface area (Å²) in [6.45, 7) is 3.69. The van der Waals surface area contributed by atoms with Gasteiger partial charge in [0.25, 0.3) is 0 Å². The van der Waals surface area contributed by atoms with E-state index < -0.39 is 0 Å². The molecule has 5 heteroatoms. The van der Waals surface area contributed by atoms with E-state index in [1.807, 2.05) is 25.1 Å². The number of amides is 1. The van der Waals surface area contributed by atoms with E-state index in [-0.39, 0.29) is 12.0 Å². The zero-order valence-electron chi connectivity index (χ0n) is 12.7. The van der Waals surface area contributed by atoms with E-state index in [1.54, 1.807) is 7.11 Å². The molecule has 1 aliphatic heterocycles. The highest BCUT2D eigenvalue weighted by Crippen LogP contribution is 2.28. The summed E-state index contributed by atoms with van der Waals surface area (Å²) in [6, 6.07) is 5.70. The number of hydrogen-bond acceptors (Lipinski definition) is 4. The van der Waals surface area contributed by atoms with Crippen LogP contribution in [0.5, 0.6) is 11.5 Å². The SMILES string of the molecule is CCC(=O)NCc1ccc(OC[C@H]2CCCO2)c(OC)c1. The van der Waals surface area contributed by atoms with Gasteiger partial charge in [0.05, 0.1) is 13.2 Å². The molecule has 1 heterocycles. The Hall–Kier alpha value is -1.75. The van der Waals surface area contributed by atoms with Gasteiger partial charge in [-0.05, 0) is 30.5 Å². The molecule has 0 aliphatic carbocycles. The molecular formula is C16H23NO4. The van der Waals surface area contributed by atoms with Crippen molar-refractivity contribution < 1.29 is 19.0 Å². The second kappa shape index (κ2) is 7.88. The van der Waals surface area contributed by atoms with Crippen molar-refractivity contribution in [3.63, 3.8) is 0 Å². The zero-order chi connectivity index (χ0) is 15.1. The number of methoxy groups -OCH3 is 1.